The maximum absolute atomic E-state index is 13.2. The molecule has 2 N–H and O–H groups in total. The highest BCUT2D eigenvalue weighted by Gasteiger charge is 2.43. The van der Waals surface area contributed by atoms with E-state index in [9.17, 15) is 9.90 Å². The number of benzene rings is 2. The fraction of sp³-hybridized carbons (Fsp3) is 0.273. The van der Waals surface area contributed by atoms with Gasteiger partial charge in [0.15, 0.2) is 0 Å². The Balaban J connectivity index is 1.64. The molecule has 0 aliphatic carbocycles. The molecule has 5 rings (SSSR count). The van der Waals surface area contributed by atoms with Gasteiger partial charge in [0.2, 0.25) is 0 Å². The van der Waals surface area contributed by atoms with E-state index < -0.39 is 0 Å². The first-order valence-electron chi connectivity index (χ1n) is 9.58. The molecule has 3 aromatic rings. The zero-order valence-electron chi connectivity index (χ0n) is 15.3. The predicted molar refractivity (Wildman–Crippen MR) is 104 cm³/mol. The Hall–Kier alpha value is -3.12. The van der Waals surface area contributed by atoms with Gasteiger partial charge in [0.1, 0.15) is 17.1 Å². The molecule has 1 fully saturated rings. The Morgan fingerprint density at radius 1 is 1.14 bits per heavy atom. The number of rotatable bonds is 4. The van der Waals surface area contributed by atoms with Crippen molar-refractivity contribution in [3.63, 3.8) is 0 Å². The van der Waals surface area contributed by atoms with Crippen LogP contribution in [0.5, 0.6) is 5.75 Å². The Morgan fingerprint density at radius 2 is 1.93 bits per heavy atom. The average Bonchev–Trinajstić information content (AvgIpc) is 3.43. The van der Waals surface area contributed by atoms with Crippen LogP contribution in [0.25, 0.3) is 11.3 Å². The number of phenolic OH excluding ortho intramolecular Hbond substituents is 1. The number of carbonyl (C=O) groups excluding carboxylic acids is 1. The molecule has 142 valence electrons. The van der Waals surface area contributed by atoms with Crippen molar-refractivity contribution in [3.8, 4) is 17.0 Å². The van der Waals surface area contributed by atoms with E-state index >= 15 is 0 Å². The van der Waals surface area contributed by atoms with Crippen molar-refractivity contribution in [2.45, 2.75) is 25.0 Å². The lowest BCUT2D eigenvalue weighted by Crippen LogP contribution is -2.36. The highest BCUT2D eigenvalue weighted by atomic mass is 16.5. The first-order chi connectivity index (χ1) is 13.7. The van der Waals surface area contributed by atoms with Crippen molar-refractivity contribution >= 4 is 5.91 Å². The molecule has 0 radical (unpaired) electrons. The number of amides is 1. The van der Waals surface area contributed by atoms with Crippen LogP contribution >= 0.6 is 0 Å². The normalized spacial score (nSPS) is 21.3. The molecule has 0 unspecified atom stereocenters. The fourth-order valence-corrected chi connectivity index (χ4v) is 4.25. The summed E-state index contributed by atoms with van der Waals surface area (Å²) in [5.41, 5.74) is 3.56. The number of nitrogens with zero attached hydrogens (tertiary/aromatic N) is 2. The summed E-state index contributed by atoms with van der Waals surface area (Å²) in [6.07, 6.45) is 2.04. The van der Waals surface area contributed by atoms with Crippen molar-refractivity contribution in [2.75, 3.05) is 13.2 Å². The lowest BCUT2D eigenvalue weighted by atomic mass is 9.95. The van der Waals surface area contributed by atoms with Crippen LogP contribution in [-0.2, 0) is 4.74 Å². The number of aromatic amines is 1. The van der Waals surface area contributed by atoms with Gasteiger partial charge in [0.25, 0.3) is 5.91 Å². The number of ether oxygens (including phenoxy) is 1. The molecule has 2 aliphatic heterocycles. The second kappa shape index (κ2) is 6.80. The molecule has 1 aromatic heterocycles. The number of phenols is 1. The van der Waals surface area contributed by atoms with Crippen molar-refractivity contribution < 1.29 is 14.6 Å². The minimum atomic E-state index is -0.263. The monoisotopic (exact) mass is 375 g/mol. The predicted octanol–water partition coefficient (Wildman–Crippen LogP) is 3.51. The van der Waals surface area contributed by atoms with Crippen molar-refractivity contribution in [1.29, 1.82) is 0 Å². The SMILES string of the molecule is O=C1c2[nH]nc(-c3ccccc3O)c2[C@H](c2ccccc2)N1C[C@H]1CCCO1. The van der Waals surface area contributed by atoms with Crippen LogP contribution in [0.4, 0.5) is 0 Å². The highest BCUT2D eigenvalue weighted by molar-refractivity contribution is 6.00. The van der Waals surface area contributed by atoms with Crippen LogP contribution in [0.3, 0.4) is 0 Å². The van der Waals surface area contributed by atoms with Gasteiger partial charge in [0.05, 0.1) is 12.1 Å². The zero-order chi connectivity index (χ0) is 19.1. The molecular formula is C22H21N3O3. The average molecular weight is 375 g/mol. The quantitative estimate of drug-likeness (QED) is 0.731. The van der Waals surface area contributed by atoms with Gasteiger partial charge in [-0.15, -0.1) is 0 Å². The van der Waals surface area contributed by atoms with Crippen LogP contribution in [0, 0.1) is 0 Å². The first-order valence-corrected chi connectivity index (χ1v) is 9.58. The lowest BCUT2D eigenvalue weighted by molar-refractivity contribution is 0.0495. The standard InChI is InChI=1S/C22H21N3O3/c26-17-11-5-4-10-16(17)19-18-20(24-23-19)22(27)25(13-15-9-6-12-28-15)21(18)14-7-2-1-3-8-14/h1-5,7-8,10-11,15,21,26H,6,9,12-13H2,(H,23,24)/t15-,21+/m1/s1. The number of fused-ring (bicyclic) bond motifs is 1. The fourth-order valence-electron chi connectivity index (χ4n) is 4.25. The zero-order valence-corrected chi connectivity index (χ0v) is 15.3. The van der Waals surface area contributed by atoms with Crippen LogP contribution in [0.15, 0.2) is 54.6 Å². The van der Waals surface area contributed by atoms with E-state index in [1.807, 2.05) is 47.4 Å². The third-order valence-electron chi connectivity index (χ3n) is 5.56. The summed E-state index contributed by atoms with van der Waals surface area (Å²) in [6, 6.07) is 16.8. The van der Waals surface area contributed by atoms with Gasteiger partial charge in [-0.2, -0.15) is 5.10 Å². The van der Waals surface area contributed by atoms with Crippen LogP contribution in [-0.4, -0.2) is 45.4 Å². The number of para-hydroxylation sites is 1. The van der Waals surface area contributed by atoms with Gasteiger partial charge >= 0.3 is 0 Å². The molecule has 3 heterocycles. The first kappa shape index (κ1) is 17.0. The van der Waals surface area contributed by atoms with Gasteiger partial charge in [0, 0.05) is 24.3 Å². The summed E-state index contributed by atoms with van der Waals surface area (Å²) in [5, 5.41) is 17.7. The largest absolute Gasteiger partial charge is 0.507 e. The Kier molecular flexibility index (Phi) is 4.13. The van der Waals surface area contributed by atoms with Crippen molar-refractivity contribution in [1.82, 2.24) is 15.1 Å². The lowest BCUT2D eigenvalue weighted by Gasteiger charge is -2.28. The van der Waals surface area contributed by atoms with Gasteiger partial charge in [-0.3, -0.25) is 9.89 Å². The topological polar surface area (TPSA) is 78.5 Å². The number of hydrogen-bond donors (Lipinski definition) is 2. The van der Waals surface area contributed by atoms with Crippen molar-refractivity contribution in [3.05, 3.63) is 71.4 Å². The van der Waals surface area contributed by atoms with E-state index in [0.717, 1.165) is 30.6 Å². The number of hydrogen-bond acceptors (Lipinski definition) is 4. The van der Waals surface area contributed by atoms with E-state index in [4.69, 9.17) is 4.74 Å². The van der Waals surface area contributed by atoms with E-state index in [0.29, 0.717) is 23.5 Å². The molecule has 1 saturated heterocycles. The Labute approximate surface area is 162 Å². The number of H-pyrrole nitrogens is 1. The summed E-state index contributed by atoms with van der Waals surface area (Å²) >= 11 is 0. The van der Waals surface area contributed by atoms with E-state index in [2.05, 4.69) is 10.2 Å². The second-order valence-electron chi connectivity index (χ2n) is 7.28. The summed E-state index contributed by atoms with van der Waals surface area (Å²) < 4.78 is 5.80. The highest BCUT2D eigenvalue weighted by Crippen LogP contribution is 2.44. The van der Waals surface area contributed by atoms with E-state index in [-0.39, 0.29) is 23.8 Å². The number of aromatic nitrogens is 2. The van der Waals surface area contributed by atoms with Gasteiger partial charge < -0.3 is 14.7 Å². The molecular weight excluding hydrogens is 354 g/mol. The third-order valence-corrected chi connectivity index (χ3v) is 5.56. The van der Waals surface area contributed by atoms with Gasteiger partial charge in [-0.1, -0.05) is 42.5 Å². The third kappa shape index (κ3) is 2.68. The Bertz CT molecular complexity index is 1010. The van der Waals surface area contributed by atoms with Gasteiger partial charge in [-0.25, -0.2) is 0 Å². The van der Waals surface area contributed by atoms with Crippen LogP contribution < -0.4 is 0 Å². The summed E-state index contributed by atoms with van der Waals surface area (Å²) in [4.78, 5) is 15.1. The van der Waals surface area contributed by atoms with Gasteiger partial charge in [-0.05, 0) is 30.5 Å². The molecule has 6 nitrogen and oxygen atoms in total. The number of nitrogens with one attached hydrogen (secondary N) is 1. The maximum Gasteiger partial charge on any atom is 0.273 e. The summed E-state index contributed by atoms with van der Waals surface area (Å²) in [6.45, 7) is 1.29. The smallest absolute Gasteiger partial charge is 0.273 e. The molecule has 1 amide bonds. The number of aromatic hydroxyl groups is 1. The molecule has 6 heteroatoms. The molecule has 0 bridgehead atoms. The summed E-state index contributed by atoms with van der Waals surface area (Å²) in [7, 11) is 0. The molecule has 0 spiro atoms. The van der Waals surface area contributed by atoms with E-state index in [1.54, 1.807) is 12.1 Å². The van der Waals surface area contributed by atoms with Crippen LogP contribution in [0.2, 0.25) is 0 Å². The molecule has 28 heavy (non-hydrogen) atoms. The molecule has 0 saturated carbocycles. The molecule has 2 aromatic carbocycles. The minimum Gasteiger partial charge on any atom is -0.507 e. The van der Waals surface area contributed by atoms with Crippen molar-refractivity contribution in [2.24, 2.45) is 0 Å². The second-order valence-corrected chi connectivity index (χ2v) is 7.28. The van der Waals surface area contributed by atoms with E-state index in [1.165, 1.54) is 0 Å². The minimum absolute atomic E-state index is 0.0562. The van der Waals surface area contributed by atoms with Crippen LogP contribution in [0.1, 0.15) is 40.5 Å². The molecule has 2 aliphatic rings. The maximum atomic E-state index is 13.2. The molecule has 2 atom stereocenters. The Morgan fingerprint density at radius 3 is 2.68 bits per heavy atom. The summed E-state index contributed by atoms with van der Waals surface area (Å²) in [5.74, 6) is 0.0714. The number of carbonyl (C=O) groups is 1.